The van der Waals surface area contributed by atoms with Crippen molar-refractivity contribution in [3.8, 4) is 0 Å². The zero-order chi connectivity index (χ0) is 24.5. The summed E-state index contributed by atoms with van der Waals surface area (Å²) in [5, 5.41) is 3.09. The number of hydrogen-bond donors (Lipinski definition) is 2. The molecule has 2 heterocycles. The van der Waals surface area contributed by atoms with Gasteiger partial charge in [-0.05, 0) is 43.7 Å². The van der Waals surface area contributed by atoms with E-state index in [0.717, 1.165) is 6.07 Å². The predicted octanol–water partition coefficient (Wildman–Crippen LogP) is 4.23. The number of nitrogens with one attached hydrogen (secondary N) is 1. The van der Waals surface area contributed by atoms with Crippen LogP contribution in [0.4, 0.5) is 14.5 Å². The molecule has 1 unspecified atom stereocenters. The summed E-state index contributed by atoms with van der Waals surface area (Å²) in [6.07, 6.45) is 4.68. The molecule has 3 N–H and O–H groups in total. The largest absolute Gasteiger partial charge is 0.463 e. The Bertz CT molecular complexity index is 1190. The van der Waals surface area contributed by atoms with E-state index in [2.05, 4.69) is 15.3 Å². The van der Waals surface area contributed by atoms with Crippen LogP contribution in [0.15, 0.2) is 53.7 Å². The summed E-state index contributed by atoms with van der Waals surface area (Å²) < 4.78 is 33.9. The lowest BCUT2D eigenvalue weighted by atomic mass is 9.84. The van der Waals surface area contributed by atoms with Gasteiger partial charge in [-0.1, -0.05) is 29.4 Å². The number of rotatable bonds is 7. The van der Waals surface area contributed by atoms with E-state index >= 15 is 4.39 Å². The number of benzene rings is 1. The van der Waals surface area contributed by atoms with Crippen LogP contribution in [-0.2, 0) is 15.1 Å². The molecule has 11 heteroatoms. The Morgan fingerprint density at radius 3 is 2.85 bits per heavy atom. The van der Waals surface area contributed by atoms with Gasteiger partial charge in [0.05, 0.1) is 11.6 Å². The zero-order valence-electron chi connectivity index (χ0n) is 18.1. The number of anilines is 1. The highest BCUT2D eigenvalue weighted by molar-refractivity contribution is 8.15. The molecule has 1 aliphatic carbocycles. The Morgan fingerprint density at radius 2 is 2.18 bits per heavy atom. The van der Waals surface area contributed by atoms with E-state index < -0.39 is 40.6 Å². The van der Waals surface area contributed by atoms with E-state index in [-0.39, 0.29) is 28.7 Å². The number of aliphatic imine (C=N–C) groups is 1. The first kappa shape index (κ1) is 24.2. The van der Waals surface area contributed by atoms with Gasteiger partial charge in [0.25, 0.3) is 5.91 Å². The third-order valence-electron chi connectivity index (χ3n) is 5.78. The smallest absolute Gasteiger partial charge is 0.330 e. The van der Waals surface area contributed by atoms with Gasteiger partial charge in [-0.3, -0.25) is 4.79 Å². The molecule has 7 nitrogen and oxygen atoms in total. The number of fused-ring (bicyclic) bond motifs is 1. The first-order valence-corrected chi connectivity index (χ1v) is 11.6. The van der Waals surface area contributed by atoms with Gasteiger partial charge in [-0.25, -0.2) is 23.6 Å². The highest BCUT2D eigenvalue weighted by Gasteiger charge is 2.67. The molecule has 0 bridgehead atoms. The molecular formula is C23H21ClF2N4O3S. The van der Waals surface area contributed by atoms with Crippen LogP contribution in [0.3, 0.4) is 0 Å². The molecule has 2 aromatic rings. The quantitative estimate of drug-likeness (QED) is 0.430. The van der Waals surface area contributed by atoms with Gasteiger partial charge < -0.3 is 15.8 Å². The maximum atomic E-state index is 15.0. The number of ether oxygens (including phenoxy) is 1. The van der Waals surface area contributed by atoms with Gasteiger partial charge in [0, 0.05) is 34.2 Å². The number of esters is 1. The summed E-state index contributed by atoms with van der Waals surface area (Å²) in [4.78, 5) is 32.6. The van der Waals surface area contributed by atoms with Crippen LogP contribution in [0.5, 0.6) is 0 Å². The minimum Gasteiger partial charge on any atom is -0.463 e. The molecule has 3 atom stereocenters. The molecule has 0 spiro atoms. The number of hydrogen-bond acceptors (Lipinski definition) is 7. The second kappa shape index (κ2) is 9.34. The molecule has 1 aliphatic heterocycles. The van der Waals surface area contributed by atoms with Crippen molar-refractivity contribution in [2.45, 2.75) is 23.6 Å². The number of carbonyl (C=O) groups is 2. The van der Waals surface area contributed by atoms with Gasteiger partial charge in [-0.15, -0.1) is 0 Å². The summed E-state index contributed by atoms with van der Waals surface area (Å²) in [5.41, 5.74) is 4.75. The number of nitrogens with two attached hydrogens (primary N) is 1. The van der Waals surface area contributed by atoms with Crippen molar-refractivity contribution in [3.05, 3.63) is 70.8 Å². The van der Waals surface area contributed by atoms with Crippen LogP contribution < -0.4 is 11.1 Å². The number of nitrogens with zero attached hydrogens (tertiary/aromatic N) is 2. The summed E-state index contributed by atoms with van der Waals surface area (Å²) in [5.74, 6) is -2.20. The second-order valence-electron chi connectivity index (χ2n) is 7.92. The van der Waals surface area contributed by atoms with E-state index in [1.807, 2.05) is 0 Å². The minimum absolute atomic E-state index is 0.0310. The molecule has 1 aromatic carbocycles. The number of amides is 1. The lowest BCUT2D eigenvalue weighted by Crippen LogP contribution is -2.39. The van der Waals surface area contributed by atoms with E-state index in [1.165, 1.54) is 48.3 Å². The lowest BCUT2D eigenvalue weighted by Gasteiger charge is -2.34. The van der Waals surface area contributed by atoms with Crippen molar-refractivity contribution in [1.29, 1.82) is 0 Å². The van der Waals surface area contributed by atoms with Crippen molar-refractivity contribution in [2.24, 2.45) is 16.6 Å². The second-order valence-corrected chi connectivity index (χ2v) is 9.74. The SMILES string of the molecule is CCOC(=O)/C=C/[C@]12CC1[C@@](CF)(c1cc(NC(=O)c3ccc(Cl)cn3)ccc1F)N=C(N)S2. The predicted molar refractivity (Wildman–Crippen MR) is 127 cm³/mol. The fourth-order valence-electron chi connectivity index (χ4n) is 4.14. The third-order valence-corrected chi connectivity index (χ3v) is 7.27. The van der Waals surface area contributed by atoms with E-state index in [4.69, 9.17) is 22.1 Å². The van der Waals surface area contributed by atoms with Crippen molar-refractivity contribution in [2.75, 3.05) is 18.6 Å². The zero-order valence-corrected chi connectivity index (χ0v) is 19.6. The highest BCUT2D eigenvalue weighted by atomic mass is 35.5. The fraction of sp³-hybridized carbons (Fsp3) is 0.304. The van der Waals surface area contributed by atoms with Crippen LogP contribution in [0, 0.1) is 11.7 Å². The molecular weight excluding hydrogens is 486 g/mol. The van der Waals surface area contributed by atoms with Crippen LogP contribution in [0.1, 0.15) is 29.4 Å². The number of halogens is 3. The number of pyridine rings is 1. The molecule has 1 fully saturated rings. The van der Waals surface area contributed by atoms with Crippen molar-refractivity contribution in [1.82, 2.24) is 4.98 Å². The van der Waals surface area contributed by atoms with Crippen molar-refractivity contribution >= 4 is 46.1 Å². The summed E-state index contributed by atoms with van der Waals surface area (Å²) in [6.45, 7) is 0.899. The van der Waals surface area contributed by atoms with Crippen LogP contribution in [0.2, 0.25) is 5.02 Å². The van der Waals surface area contributed by atoms with Crippen LogP contribution >= 0.6 is 23.4 Å². The monoisotopic (exact) mass is 506 g/mol. The van der Waals surface area contributed by atoms with Crippen molar-refractivity contribution in [3.63, 3.8) is 0 Å². The maximum absolute atomic E-state index is 15.0. The summed E-state index contributed by atoms with van der Waals surface area (Å²) >= 11 is 7.01. The van der Waals surface area contributed by atoms with Crippen LogP contribution in [0.25, 0.3) is 0 Å². The molecule has 0 radical (unpaired) electrons. The molecule has 1 amide bonds. The number of aromatic nitrogens is 1. The van der Waals surface area contributed by atoms with Gasteiger partial charge in [0.2, 0.25) is 0 Å². The van der Waals surface area contributed by atoms with Gasteiger partial charge in [0.15, 0.2) is 5.17 Å². The average molecular weight is 507 g/mol. The van der Waals surface area contributed by atoms with E-state index in [9.17, 15) is 14.0 Å². The van der Waals surface area contributed by atoms with Gasteiger partial charge >= 0.3 is 5.97 Å². The Balaban J connectivity index is 1.65. The Morgan fingerprint density at radius 1 is 1.38 bits per heavy atom. The normalized spacial score (nSPS) is 25.4. The molecule has 2 aliphatic rings. The molecule has 1 aromatic heterocycles. The molecule has 34 heavy (non-hydrogen) atoms. The molecule has 178 valence electrons. The Labute approximate surface area is 203 Å². The van der Waals surface area contributed by atoms with E-state index in [1.54, 1.807) is 13.0 Å². The first-order chi connectivity index (χ1) is 16.2. The number of alkyl halides is 1. The standard InChI is InChI=1S/C23H21ClF2N4O3S/c1-2-33-19(31)7-8-22-10-18(22)23(12-25,30-21(27)34-22)15-9-14(4-5-16(15)26)29-20(32)17-6-3-13(24)11-28-17/h3-9,11,18H,2,10,12H2,1H3,(H2,27,30)(H,29,32)/b8-7+/t18?,22-,23+/m0/s1. The molecule has 1 saturated carbocycles. The van der Waals surface area contributed by atoms with E-state index in [0.29, 0.717) is 11.4 Å². The minimum atomic E-state index is -1.60. The number of carbonyl (C=O) groups excluding carboxylic acids is 2. The summed E-state index contributed by atoms with van der Waals surface area (Å²) in [6, 6.07) is 6.83. The van der Waals surface area contributed by atoms with Crippen molar-refractivity contribution < 1.29 is 23.1 Å². The Hall–Kier alpha value is -2.98. The molecule has 4 rings (SSSR count). The lowest BCUT2D eigenvalue weighted by molar-refractivity contribution is -0.137. The number of thioether (sulfide) groups is 1. The third kappa shape index (κ3) is 4.52. The highest BCUT2D eigenvalue weighted by Crippen LogP contribution is 2.67. The first-order valence-electron chi connectivity index (χ1n) is 10.4. The van der Waals surface area contributed by atoms with Gasteiger partial charge in [0.1, 0.15) is 23.7 Å². The molecule has 0 saturated heterocycles. The summed E-state index contributed by atoms with van der Waals surface area (Å²) in [7, 11) is 0. The number of amidine groups is 1. The maximum Gasteiger partial charge on any atom is 0.330 e. The fourth-order valence-corrected chi connectivity index (χ4v) is 5.57. The average Bonchev–Trinajstić information content (AvgIpc) is 3.54. The van der Waals surface area contributed by atoms with Crippen LogP contribution in [-0.4, -0.2) is 40.1 Å². The topological polar surface area (TPSA) is 107 Å². The Kier molecular flexibility index (Phi) is 6.64. The van der Waals surface area contributed by atoms with Gasteiger partial charge in [-0.2, -0.15) is 0 Å².